The van der Waals surface area contributed by atoms with Crippen molar-refractivity contribution in [3.05, 3.63) is 24.3 Å². The molecule has 5 nitrogen and oxygen atoms in total. The second-order valence-electron chi connectivity index (χ2n) is 5.77. The van der Waals surface area contributed by atoms with E-state index in [0.717, 1.165) is 37.3 Å². The first-order chi connectivity index (χ1) is 9.64. The van der Waals surface area contributed by atoms with Gasteiger partial charge in [-0.1, -0.05) is 12.1 Å². The molecule has 0 unspecified atom stereocenters. The zero-order valence-corrected chi connectivity index (χ0v) is 11.7. The Hall–Kier alpha value is -1.59. The summed E-state index contributed by atoms with van der Waals surface area (Å²) in [5.74, 6) is 0.0625. The van der Waals surface area contributed by atoms with Gasteiger partial charge in [0.15, 0.2) is 0 Å². The van der Waals surface area contributed by atoms with Crippen LogP contribution in [-0.4, -0.2) is 47.2 Å². The lowest BCUT2D eigenvalue weighted by Gasteiger charge is -2.45. The van der Waals surface area contributed by atoms with Crippen LogP contribution in [0, 0.1) is 0 Å². The number of likely N-dealkylation sites (tertiary alicyclic amines) is 1. The van der Waals surface area contributed by atoms with Crippen LogP contribution in [0.4, 0.5) is 11.4 Å². The number of para-hydroxylation sites is 2. The first kappa shape index (κ1) is 13.4. The van der Waals surface area contributed by atoms with Crippen molar-refractivity contribution in [2.24, 2.45) is 0 Å². The number of benzene rings is 1. The molecule has 2 aliphatic rings. The SMILES string of the molecule is C[C@H](CO)N1CCC2(CC1)Nc1ccccc1NC2=O. The number of carbonyl (C=O) groups is 1. The topological polar surface area (TPSA) is 64.6 Å². The van der Waals surface area contributed by atoms with E-state index in [9.17, 15) is 9.90 Å². The molecule has 1 fully saturated rings. The van der Waals surface area contributed by atoms with Crippen LogP contribution in [-0.2, 0) is 4.79 Å². The van der Waals surface area contributed by atoms with Crippen molar-refractivity contribution < 1.29 is 9.90 Å². The van der Waals surface area contributed by atoms with Crippen molar-refractivity contribution in [3.63, 3.8) is 0 Å². The molecule has 0 aromatic heterocycles. The van der Waals surface area contributed by atoms with Crippen LogP contribution in [0.2, 0.25) is 0 Å². The summed E-state index contributed by atoms with van der Waals surface area (Å²) in [5, 5.41) is 15.7. The Morgan fingerprint density at radius 1 is 1.30 bits per heavy atom. The number of nitrogens with zero attached hydrogens (tertiary/aromatic N) is 1. The molecule has 0 bridgehead atoms. The Kier molecular flexibility index (Phi) is 3.40. The highest BCUT2D eigenvalue weighted by molar-refractivity contribution is 6.06. The molecule has 1 amide bonds. The Morgan fingerprint density at radius 3 is 2.60 bits per heavy atom. The highest BCUT2D eigenvalue weighted by atomic mass is 16.3. The lowest BCUT2D eigenvalue weighted by molar-refractivity contribution is -0.122. The molecule has 1 aromatic rings. The summed E-state index contributed by atoms with van der Waals surface area (Å²) in [7, 11) is 0. The molecule has 1 aromatic carbocycles. The van der Waals surface area contributed by atoms with Gasteiger partial charge in [-0.05, 0) is 31.9 Å². The number of nitrogens with one attached hydrogen (secondary N) is 2. The number of fused-ring (bicyclic) bond motifs is 1. The normalized spacial score (nSPS) is 22.8. The van der Waals surface area contributed by atoms with Gasteiger partial charge < -0.3 is 15.7 Å². The van der Waals surface area contributed by atoms with Crippen LogP contribution in [0.15, 0.2) is 24.3 Å². The minimum Gasteiger partial charge on any atom is -0.395 e. The lowest BCUT2D eigenvalue weighted by atomic mass is 9.84. The summed E-state index contributed by atoms with van der Waals surface area (Å²) in [6.07, 6.45) is 1.52. The van der Waals surface area contributed by atoms with Crippen LogP contribution >= 0.6 is 0 Å². The molecule has 0 saturated carbocycles. The smallest absolute Gasteiger partial charge is 0.250 e. The number of hydrogen-bond acceptors (Lipinski definition) is 4. The predicted molar refractivity (Wildman–Crippen MR) is 78.8 cm³/mol. The fraction of sp³-hybridized carbons (Fsp3) is 0.533. The van der Waals surface area contributed by atoms with Crippen LogP contribution in [0.1, 0.15) is 19.8 Å². The molecule has 2 heterocycles. The molecule has 5 heteroatoms. The quantitative estimate of drug-likeness (QED) is 0.760. The molecule has 2 aliphatic heterocycles. The van der Waals surface area contributed by atoms with Crippen molar-refractivity contribution in [2.45, 2.75) is 31.3 Å². The van der Waals surface area contributed by atoms with Gasteiger partial charge in [0.2, 0.25) is 5.91 Å². The molecule has 1 atom stereocenters. The predicted octanol–water partition coefficient (Wildman–Crippen LogP) is 1.27. The highest BCUT2D eigenvalue weighted by Gasteiger charge is 2.44. The van der Waals surface area contributed by atoms with Crippen molar-refractivity contribution >= 4 is 17.3 Å². The molecule has 108 valence electrons. The Balaban J connectivity index is 1.77. The summed E-state index contributed by atoms with van der Waals surface area (Å²) >= 11 is 0. The van der Waals surface area contributed by atoms with Crippen LogP contribution < -0.4 is 10.6 Å². The van der Waals surface area contributed by atoms with E-state index in [-0.39, 0.29) is 18.6 Å². The standard InChI is InChI=1S/C15H21N3O2/c1-11(10-19)18-8-6-15(7-9-18)14(20)16-12-4-2-3-5-13(12)17-15/h2-5,11,17,19H,6-10H2,1H3,(H,16,20)/t11-/m1/s1. The van der Waals surface area contributed by atoms with Crippen LogP contribution in [0.3, 0.4) is 0 Å². The maximum atomic E-state index is 12.4. The van der Waals surface area contributed by atoms with E-state index in [0.29, 0.717) is 0 Å². The number of carbonyl (C=O) groups excluding carboxylic acids is 1. The molecular weight excluding hydrogens is 254 g/mol. The molecule has 3 rings (SSSR count). The summed E-state index contributed by atoms with van der Waals surface area (Å²) in [5.41, 5.74) is 1.35. The third-order valence-electron chi connectivity index (χ3n) is 4.52. The highest BCUT2D eigenvalue weighted by Crippen LogP contribution is 2.36. The fourth-order valence-corrected chi connectivity index (χ4v) is 3.07. The van der Waals surface area contributed by atoms with Crippen LogP contribution in [0.25, 0.3) is 0 Å². The van der Waals surface area contributed by atoms with Gasteiger partial charge in [0.05, 0.1) is 18.0 Å². The first-order valence-corrected chi connectivity index (χ1v) is 7.18. The van der Waals surface area contributed by atoms with E-state index in [4.69, 9.17) is 0 Å². The van der Waals surface area contributed by atoms with E-state index < -0.39 is 5.54 Å². The van der Waals surface area contributed by atoms with Crippen LogP contribution in [0.5, 0.6) is 0 Å². The maximum absolute atomic E-state index is 12.4. The van der Waals surface area contributed by atoms with Gasteiger partial charge in [-0.15, -0.1) is 0 Å². The Labute approximate surface area is 119 Å². The van der Waals surface area contributed by atoms with Crippen molar-refractivity contribution in [1.82, 2.24) is 4.90 Å². The van der Waals surface area contributed by atoms with Gasteiger partial charge in [0.1, 0.15) is 5.54 Å². The van der Waals surface area contributed by atoms with Gasteiger partial charge >= 0.3 is 0 Å². The fourth-order valence-electron chi connectivity index (χ4n) is 3.07. The Bertz CT molecular complexity index is 510. The lowest BCUT2D eigenvalue weighted by Crippen LogP contribution is -2.59. The largest absolute Gasteiger partial charge is 0.395 e. The van der Waals surface area contributed by atoms with Crippen molar-refractivity contribution in [1.29, 1.82) is 0 Å². The number of aliphatic hydroxyl groups is 1. The summed E-state index contributed by atoms with van der Waals surface area (Å²) in [6, 6.07) is 7.96. The molecule has 1 saturated heterocycles. The summed E-state index contributed by atoms with van der Waals surface area (Å²) in [6.45, 7) is 3.83. The van der Waals surface area contributed by atoms with E-state index in [1.54, 1.807) is 0 Å². The maximum Gasteiger partial charge on any atom is 0.250 e. The first-order valence-electron chi connectivity index (χ1n) is 7.18. The van der Waals surface area contributed by atoms with Gasteiger partial charge in [-0.3, -0.25) is 9.69 Å². The third kappa shape index (κ3) is 2.17. The summed E-state index contributed by atoms with van der Waals surface area (Å²) in [4.78, 5) is 14.7. The molecule has 3 N–H and O–H groups in total. The van der Waals surface area contributed by atoms with E-state index in [1.165, 1.54) is 0 Å². The minimum atomic E-state index is -0.500. The average molecular weight is 275 g/mol. The third-order valence-corrected chi connectivity index (χ3v) is 4.52. The van der Waals surface area contributed by atoms with E-state index in [1.807, 2.05) is 31.2 Å². The Morgan fingerprint density at radius 2 is 1.95 bits per heavy atom. The second-order valence-corrected chi connectivity index (χ2v) is 5.77. The van der Waals surface area contributed by atoms with Gasteiger partial charge in [0.25, 0.3) is 0 Å². The molecule has 0 aliphatic carbocycles. The molecular formula is C15H21N3O2. The number of amides is 1. The van der Waals surface area contributed by atoms with E-state index >= 15 is 0 Å². The van der Waals surface area contributed by atoms with E-state index in [2.05, 4.69) is 15.5 Å². The number of rotatable bonds is 2. The molecule has 20 heavy (non-hydrogen) atoms. The van der Waals surface area contributed by atoms with Crippen molar-refractivity contribution in [2.75, 3.05) is 30.3 Å². The number of hydrogen-bond donors (Lipinski definition) is 3. The zero-order valence-electron chi connectivity index (χ0n) is 11.7. The second kappa shape index (κ2) is 5.07. The molecule has 1 spiro atoms. The summed E-state index contributed by atoms with van der Waals surface area (Å²) < 4.78 is 0. The monoisotopic (exact) mass is 275 g/mol. The van der Waals surface area contributed by atoms with Gasteiger partial charge in [-0.25, -0.2) is 0 Å². The number of aliphatic hydroxyl groups excluding tert-OH is 1. The molecule has 0 radical (unpaired) electrons. The van der Waals surface area contributed by atoms with Crippen molar-refractivity contribution in [3.8, 4) is 0 Å². The number of anilines is 2. The van der Waals surface area contributed by atoms with Gasteiger partial charge in [-0.2, -0.15) is 0 Å². The average Bonchev–Trinajstić information content (AvgIpc) is 2.48. The zero-order chi connectivity index (χ0) is 14.2. The minimum absolute atomic E-state index is 0.0625. The number of piperidine rings is 1. The van der Waals surface area contributed by atoms with Gasteiger partial charge in [0, 0.05) is 19.1 Å².